The predicted molar refractivity (Wildman–Crippen MR) is 58.6 cm³/mol. The van der Waals surface area contributed by atoms with Crippen molar-refractivity contribution in [3.05, 3.63) is 29.6 Å². The molecule has 1 rings (SSSR count). The molecule has 0 saturated carbocycles. The fraction of sp³-hybridized carbons (Fsp3) is 0.400. The van der Waals surface area contributed by atoms with Crippen molar-refractivity contribution in [1.29, 1.82) is 0 Å². The lowest BCUT2D eigenvalue weighted by Crippen LogP contribution is -2.18. The van der Waals surface area contributed by atoms with Crippen molar-refractivity contribution in [1.82, 2.24) is 5.32 Å². The monoisotopic (exact) mass is 215 g/mol. The lowest BCUT2D eigenvalue weighted by Gasteiger charge is -2.17. The fourth-order valence-corrected chi connectivity index (χ4v) is 1.70. The van der Waals surface area contributed by atoms with Gasteiger partial charge in [-0.25, -0.2) is 4.39 Å². The van der Waals surface area contributed by atoms with Gasteiger partial charge in [-0.2, -0.15) is 12.6 Å². The van der Waals surface area contributed by atoms with E-state index < -0.39 is 0 Å². The number of methoxy groups -OCH3 is 1. The van der Waals surface area contributed by atoms with Crippen LogP contribution in [-0.2, 0) is 0 Å². The van der Waals surface area contributed by atoms with E-state index in [1.54, 1.807) is 13.2 Å². The van der Waals surface area contributed by atoms with Crippen LogP contribution in [0.5, 0.6) is 5.75 Å². The van der Waals surface area contributed by atoms with Gasteiger partial charge in [0.2, 0.25) is 0 Å². The van der Waals surface area contributed by atoms with E-state index in [1.165, 1.54) is 12.1 Å². The van der Waals surface area contributed by atoms with Crippen molar-refractivity contribution in [2.45, 2.75) is 6.04 Å². The second-order valence-corrected chi connectivity index (χ2v) is 3.28. The Hall–Kier alpha value is -0.740. The van der Waals surface area contributed by atoms with Crippen LogP contribution in [0.15, 0.2) is 18.2 Å². The van der Waals surface area contributed by atoms with Gasteiger partial charge in [-0.15, -0.1) is 0 Å². The van der Waals surface area contributed by atoms with Crippen LogP contribution >= 0.6 is 12.6 Å². The average molecular weight is 215 g/mol. The number of ether oxygens (including phenoxy) is 1. The standard InChI is InChI=1S/C10H14FNOS/c1-12-9(6-14)8-5-7(11)3-4-10(8)13-2/h3-5,9,12,14H,6H2,1-2H3. The van der Waals surface area contributed by atoms with Crippen LogP contribution in [0.3, 0.4) is 0 Å². The molecule has 0 radical (unpaired) electrons. The third-order valence-corrected chi connectivity index (χ3v) is 2.46. The first-order valence-electron chi connectivity index (χ1n) is 4.34. The van der Waals surface area contributed by atoms with Gasteiger partial charge in [0, 0.05) is 17.4 Å². The molecule has 0 aliphatic rings. The molecule has 0 heterocycles. The van der Waals surface area contributed by atoms with Crippen molar-refractivity contribution < 1.29 is 9.13 Å². The van der Waals surface area contributed by atoms with E-state index in [9.17, 15) is 4.39 Å². The van der Waals surface area contributed by atoms with Gasteiger partial charge < -0.3 is 10.1 Å². The third-order valence-electron chi connectivity index (χ3n) is 2.10. The molecule has 4 heteroatoms. The highest BCUT2D eigenvalue weighted by Crippen LogP contribution is 2.26. The van der Waals surface area contributed by atoms with Crippen molar-refractivity contribution >= 4 is 12.6 Å². The number of benzene rings is 1. The second-order valence-electron chi connectivity index (χ2n) is 2.91. The Morgan fingerprint density at radius 3 is 2.79 bits per heavy atom. The Bertz CT molecular complexity index is 302. The molecule has 1 unspecified atom stereocenters. The van der Waals surface area contributed by atoms with Crippen LogP contribution < -0.4 is 10.1 Å². The van der Waals surface area contributed by atoms with Gasteiger partial charge in [-0.3, -0.25) is 0 Å². The summed E-state index contributed by atoms with van der Waals surface area (Å²) in [5, 5.41) is 3.05. The number of halogens is 1. The quantitative estimate of drug-likeness (QED) is 0.750. The molecule has 0 aromatic heterocycles. The molecule has 0 aliphatic carbocycles. The van der Waals surface area contributed by atoms with Gasteiger partial charge in [-0.05, 0) is 25.2 Å². The molecule has 1 atom stereocenters. The van der Waals surface area contributed by atoms with E-state index in [0.29, 0.717) is 11.5 Å². The number of thiol groups is 1. The van der Waals surface area contributed by atoms with Crippen LogP contribution in [0.4, 0.5) is 4.39 Å². The maximum absolute atomic E-state index is 13.0. The van der Waals surface area contributed by atoms with Gasteiger partial charge in [0.15, 0.2) is 0 Å². The van der Waals surface area contributed by atoms with Crippen LogP contribution in [0, 0.1) is 5.82 Å². The number of hydrogen-bond acceptors (Lipinski definition) is 3. The highest BCUT2D eigenvalue weighted by atomic mass is 32.1. The SMILES string of the molecule is CNC(CS)c1cc(F)ccc1OC. The van der Waals surface area contributed by atoms with Crippen molar-refractivity contribution in [3.63, 3.8) is 0 Å². The summed E-state index contributed by atoms with van der Waals surface area (Å²) in [5.41, 5.74) is 0.796. The Labute approximate surface area is 88.9 Å². The van der Waals surface area contributed by atoms with E-state index in [2.05, 4.69) is 17.9 Å². The maximum Gasteiger partial charge on any atom is 0.123 e. The minimum atomic E-state index is -0.261. The maximum atomic E-state index is 13.0. The molecule has 78 valence electrons. The molecular formula is C10H14FNOS. The van der Waals surface area contributed by atoms with Gasteiger partial charge in [0.1, 0.15) is 11.6 Å². The highest BCUT2D eigenvalue weighted by Gasteiger charge is 2.13. The molecule has 2 nitrogen and oxygen atoms in total. The number of nitrogens with one attached hydrogen (secondary N) is 1. The summed E-state index contributed by atoms with van der Waals surface area (Å²) in [6, 6.07) is 4.48. The van der Waals surface area contributed by atoms with Gasteiger partial charge in [-0.1, -0.05) is 0 Å². The smallest absolute Gasteiger partial charge is 0.123 e. The zero-order valence-electron chi connectivity index (χ0n) is 8.25. The minimum absolute atomic E-state index is 0.00369. The van der Waals surface area contributed by atoms with E-state index in [4.69, 9.17) is 4.74 Å². The van der Waals surface area contributed by atoms with E-state index >= 15 is 0 Å². The number of rotatable bonds is 4. The Balaban J connectivity index is 3.08. The summed E-state index contributed by atoms with van der Waals surface area (Å²) < 4.78 is 18.2. The molecule has 0 spiro atoms. The fourth-order valence-electron chi connectivity index (χ4n) is 1.32. The van der Waals surface area contributed by atoms with Gasteiger partial charge >= 0.3 is 0 Å². The normalized spacial score (nSPS) is 12.6. The molecule has 0 aliphatic heterocycles. The van der Waals surface area contributed by atoms with Gasteiger partial charge in [0.25, 0.3) is 0 Å². The van der Waals surface area contributed by atoms with Crippen LogP contribution in [0.1, 0.15) is 11.6 Å². The summed E-state index contributed by atoms with van der Waals surface area (Å²) in [6.45, 7) is 0. The molecule has 0 bridgehead atoms. The first-order chi connectivity index (χ1) is 6.72. The summed E-state index contributed by atoms with van der Waals surface area (Å²) >= 11 is 4.19. The highest BCUT2D eigenvalue weighted by molar-refractivity contribution is 7.80. The van der Waals surface area contributed by atoms with E-state index in [1.807, 2.05) is 7.05 Å². The number of hydrogen-bond donors (Lipinski definition) is 2. The topological polar surface area (TPSA) is 21.3 Å². The lowest BCUT2D eigenvalue weighted by molar-refractivity contribution is 0.402. The third kappa shape index (κ3) is 2.39. The largest absolute Gasteiger partial charge is 0.496 e. The predicted octanol–water partition coefficient (Wildman–Crippen LogP) is 2.02. The minimum Gasteiger partial charge on any atom is -0.496 e. The first kappa shape index (κ1) is 11.3. The summed E-state index contributed by atoms with van der Waals surface area (Å²) in [7, 11) is 3.38. The Morgan fingerprint density at radius 1 is 1.57 bits per heavy atom. The molecular weight excluding hydrogens is 201 g/mol. The molecule has 1 N–H and O–H groups in total. The van der Waals surface area contributed by atoms with E-state index in [-0.39, 0.29) is 11.9 Å². The average Bonchev–Trinajstić information content (AvgIpc) is 2.20. The zero-order chi connectivity index (χ0) is 10.6. The summed E-state index contributed by atoms with van der Waals surface area (Å²) in [6.07, 6.45) is 0. The van der Waals surface area contributed by atoms with Crippen molar-refractivity contribution in [2.24, 2.45) is 0 Å². The van der Waals surface area contributed by atoms with E-state index in [0.717, 1.165) is 5.56 Å². The van der Waals surface area contributed by atoms with Gasteiger partial charge in [0.05, 0.1) is 7.11 Å². The lowest BCUT2D eigenvalue weighted by atomic mass is 10.1. The first-order valence-corrected chi connectivity index (χ1v) is 4.97. The Kier molecular flexibility index (Phi) is 4.22. The van der Waals surface area contributed by atoms with Crippen LogP contribution in [0.2, 0.25) is 0 Å². The van der Waals surface area contributed by atoms with Crippen molar-refractivity contribution in [2.75, 3.05) is 19.9 Å². The van der Waals surface area contributed by atoms with Crippen molar-refractivity contribution in [3.8, 4) is 5.75 Å². The van der Waals surface area contributed by atoms with Crippen LogP contribution in [-0.4, -0.2) is 19.9 Å². The molecule has 1 aromatic carbocycles. The molecule has 0 fully saturated rings. The zero-order valence-corrected chi connectivity index (χ0v) is 9.14. The molecule has 0 amide bonds. The molecule has 1 aromatic rings. The summed E-state index contributed by atoms with van der Waals surface area (Å²) in [4.78, 5) is 0. The molecule has 14 heavy (non-hydrogen) atoms. The van der Waals surface area contributed by atoms with Crippen LogP contribution in [0.25, 0.3) is 0 Å². The second kappa shape index (κ2) is 5.22. The summed E-state index contributed by atoms with van der Waals surface area (Å²) in [5.74, 6) is 1.01. The Morgan fingerprint density at radius 2 is 2.29 bits per heavy atom. The molecule has 0 saturated heterocycles.